The fourth-order valence-electron chi connectivity index (χ4n) is 3.55. The second-order valence-corrected chi connectivity index (χ2v) is 6.58. The van der Waals surface area contributed by atoms with Crippen molar-refractivity contribution in [3.8, 4) is 5.75 Å². The van der Waals surface area contributed by atoms with Crippen molar-refractivity contribution in [1.29, 1.82) is 0 Å². The second kappa shape index (κ2) is 7.12. The zero-order chi connectivity index (χ0) is 17.9. The molecule has 0 spiro atoms. The average Bonchev–Trinajstić information content (AvgIpc) is 3.12. The third-order valence-corrected chi connectivity index (χ3v) is 4.97. The molecule has 1 amide bonds. The van der Waals surface area contributed by atoms with Crippen molar-refractivity contribution in [2.75, 3.05) is 26.7 Å². The summed E-state index contributed by atoms with van der Waals surface area (Å²) in [6, 6.07) is 11.7. The Balaban J connectivity index is 1.48. The highest BCUT2D eigenvalue weighted by atomic mass is 16.5. The van der Waals surface area contributed by atoms with E-state index < -0.39 is 0 Å². The summed E-state index contributed by atoms with van der Waals surface area (Å²) in [5, 5.41) is 0. The van der Waals surface area contributed by atoms with Gasteiger partial charge in [-0.2, -0.15) is 0 Å². The van der Waals surface area contributed by atoms with Gasteiger partial charge in [-0.05, 0) is 47.4 Å². The fraction of sp³-hybridized carbons (Fsp3) is 0.286. The molecule has 1 aromatic heterocycles. The Bertz CT molecular complexity index is 887. The molecule has 2 aliphatic heterocycles. The Hall–Kier alpha value is -2.95. The summed E-state index contributed by atoms with van der Waals surface area (Å²) in [6.07, 6.45) is 4.86. The van der Waals surface area contributed by atoms with Crippen LogP contribution in [0.3, 0.4) is 0 Å². The van der Waals surface area contributed by atoms with Gasteiger partial charge in [0.15, 0.2) is 0 Å². The van der Waals surface area contributed by atoms with Gasteiger partial charge < -0.3 is 9.64 Å². The first-order chi connectivity index (χ1) is 12.7. The number of ether oxygens (including phenoxy) is 1. The number of benzene rings is 1. The Kier molecular flexibility index (Phi) is 4.52. The van der Waals surface area contributed by atoms with Crippen molar-refractivity contribution in [2.45, 2.75) is 12.8 Å². The summed E-state index contributed by atoms with van der Waals surface area (Å²) >= 11 is 0. The number of carbonyl (C=O) groups is 1. The van der Waals surface area contributed by atoms with Gasteiger partial charge in [0.1, 0.15) is 5.75 Å². The maximum atomic E-state index is 12.8. The van der Waals surface area contributed by atoms with Gasteiger partial charge in [-0.25, -0.2) is 0 Å². The fourth-order valence-corrected chi connectivity index (χ4v) is 3.55. The Morgan fingerprint density at radius 1 is 1.23 bits per heavy atom. The van der Waals surface area contributed by atoms with E-state index in [2.05, 4.69) is 4.98 Å². The van der Waals surface area contributed by atoms with Crippen LogP contribution >= 0.6 is 0 Å². The number of amides is 1. The zero-order valence-corrected chi connectivity index (χ0v) is 14.8. The minimum Gasteiger partial charge on any atom is -0.497 e. The first-order valence-corrected chi connectivity index (χ1v) is 8.81. The lowest BCUT2D eigenvalue weighted by Gasteiger charge is -2.29. The summed E-state index contributed by atoms with van der Waals surface area (Å²) in [5.74, 6) is 0.924. The van der Waals surface area contributed by atoms with E-state index in [1.165, 1.54) is 11.1 Å². The SMILES string of the molecule is COc1cccc(CC(=O)N2CCC3=C(C2)C(c2ccncc2)=NC3)c1. The van der Waals surface area contributed by atoms with Crippen LogP contribution in [-0.2, 0) is 11.2 Å². The third-order valence-electron chi connectivity index (χ3n) is 4.97. The van der Waals surface area contributed by atoms with Gasteiger partial charge in [-0.1, -0.05) is 12.1 Å². The molecule has 3 heterocycles. The predicted octanol–water partition coefficient (Wildman–Crippen LogP) is 2.66. The zero-order valence-electron chi connectivity index (χ0n) is 14.8. The summed E-state index contributed by atoms with van der Waals surface area (Å²) in [5.41, 5.74) is 5.64. The molecule has 0 saturated carbocycles. The van der Waals surface area contributed by atoms with Crippen molar-refractivity contribution in [2.24, 2.45) is 4.99 Å². The van der Waals surface area contributed by atoms with Crippen LogP contribution < -0.4 is 4.74 Å². The first kappa shape index (κ1) is 16.5. The molecule has 2 aliphatic rings. The maximum Gasteiger partial charge on any atom is 0.227 e. The van der Waals surface area contributed by atoms with Gasteiger partial charge in [0.25, 0.3) is 0 Å². The largest absolute Gasteiger partial charge is 0.497 e. The molecule has 5 nitrogen and oxygen atoms in total. The minimum atomic E-state index is 0.144. The van der Waals surface area contributed by atoms with E-state index in [1.807, 2.05) is 41.3 Å². The molecule has 0 unspecified atom stereocenters. The number of aliphatic imine (C=N–C) groups is 1. The summed E-state index contributed by atoms with van der Waals surface area (Å²) in [4.78, 5) is 23.5. The molecule has 4 rings (SSSR count). The Labute approximate surface area is 153 Å². The molecule has 0 bridgehead atoms. The Morgan fingerprint density at radius 2 is 2.08 bits per heavy atom. The van der Waals surface area contributed by atoms with E-state index in [0.717, 1.165) is 42.1 Å². The van der Waals surface area contributed by atoms with Gasteiger partial charge in [0.2, 0.25) is 5.91 Å². The first-order valence-electron chi connectivity index (χ1n) is 8.81. The molecule has 2 aromatic rings. The van der Waals surface area contributed by atoms with Gasteiger partial charge >= 0.3 is 0 Å². The molecule has 5 heteroatoms. The van der Waals surface area contributed by atoms with Crippen molar-refractivity contribution < 1.29 is 9.53 Å². The van der Waals surface area contributed by atoms with Gasteiger partial charge in [-0.15, -0.1) is 0 Å². The second-order valence-electron chi connectivity index (χ2n) is 6.58. The van der Waals surface area contributed by atoms with Crippen LogP contribution in [0.15, 0.2) is 64.9 Å². The molecule has 0 saturated heterocycles. The molecule has 132 valence electrons. The van der Waals surface area contributed by atoms with Crippen LogP contribution in [0.25, 0.3) is 0 Å². The lowest BCUT2D eigenvalue weighted by Crippen LogP contribution is -2.39. The third kappa shape index (κ3) is 3.25. The van der Waals surface area contributed by atoms with Crippen molar-refractivity contribution >= 4 is 11.6 Å². The minimum absolute atomic E-state index is 0.144. The van der Waals surface area contributed by atoms with Crippen molar-refractivity contribution in [3.63, 3.8) is 0 Å². The number of hydrogen-bond donors (Lipinski definition) is 0. The number of methoxy groups -OCH3 is 1. The van der Waals surface area contributed by atoms with Gasteiger partial charge in [-0.3, -0.25) is 14.8 Å². The molecule has 0 radical (unpaired) electrons. The quantitative estimate of drug-likeness (QED) is 0.854. The summed E-state index contributed by atoms with van der Waals surface area (Å²) in [7, 11) is 1.64. The summed E-state index contributed by atoms with van der Waals surface area (Å²) in [6.45, 7) is 2.16. The maximum absolute atomic E-state index is 12.8. The molecule has 0 aliphatic carbocycles. The molecule has 0 N–H and O–H groups in total. The molecular weight excluding hydrogens is 326 g/mol. The average molecular weight is 347 g/mol. The Morgan fingerprint density at radius 3 is 2.88 bits per heavy atom. The highest BCUT2D eigenvalue weighted by Gasteiger charge is 2.29. The number of hydrogen-bond acceptors (Lipinski definition) is 4. The van der Waals surface area contributed by atoms with Gasteiger partial charge in [0, 0.05) is 31.0 Å². The molecule has 1 aromatic carbocycles. The summed E-state index contributed by atoms with van der Waals surface area (Å²) < 4.78 is 5.25. The molecule has 26 heavy (non-hydrogen) atoms. The van der Waals surface area contributed by atoms with E-state index in [9.17, 15) is 4.79 Å². The van der Waals surface area contributed by atoms with Crippen molar-refractivity contribution in [3.05, 3.63) is 71.1 Å². The van der Waals surface area contributed by atoms with Gasteiger partial charge in [0.05, 0.1) is 25.8 Å². The van der Waals surface area contributed by atoms with Crippen molar-refractivity contribution in [1.82, 2.24) is 9.88 Å². The molecule has 0 fully saturated rings. The van der Waals surface area contributed by atoms with Crippen LogP contribution in [0, 0.1) is 0 Å². The van der Waals surface area contributed by atoms with E-state index >= 15 is 0 Å². The van der Waals surface area contributed by atoms with Crippen LogP contribution in [0.1, 0.15) is 17.5 Å². The number of nitrogens with zero attached hydrogens (tertiary/aromatic N) is 3. The van der Waals surface area contributed by atoms with E-state index in [1.54, 1.807) is 19.5 Å². The highest BCUT2D eigenvalue weighted by Crippen LogP contribution is 2.28. The van der Waals surface area contributed by atoms with E-state index in [4.69, 9.17) is 9.73 Å². The monoisotopic (exact) mass is 347 g/mol. The number of pyridine rings is 1. The molecule has 0 atom stereocenters. The number of aromatic nitrogens is 1. The predicted molar refractivity (Wildman–Crippen MR) is 101 cm³/mol. The van der Waals surface area contributed by atoms with E-state index in [0.29, 0.717) is 13.0 Å². The topological polar surface area (TPSA) is 54.8 Å². The van der Waals surface area contributed by atoms with Crippen LogP contribution in [0.4, 0.5) is 0 Å². The normalized spacial score (nSPS) is 16.3. The highest BCUT2D eigenvalue weighted by molar-refractivity contribution is 6.15. The standard InChI is InChI=1S/C21H21N3O2/c1-26-18-4-2-3-15(11-18)12-20(25)24-10-7-17-13-23-21(19(17)14-24)16-5-8-22-9-6-16/h2-6,8-9,11H,7,10,12-14H2,1H3. The molecular formula is C21H21N3O2. The van der Waals surface area contributed by atoms with Crippen LogP contribution in [0.5, 0.6) is 5.75 Å². The van der Waals surface area contributed by atoms with Crippen LogP contribution in [0.2, 0.25) is 0 Å². The smallest absolute Gasteiger partial charge is 0.227 e. The number of rotatable bonds is 4. The number of carbonyl (C=O) groups excluding carboxylic acids is 1. The van der Waals surface area contributed by atoms with Crippen LogP contribution in [-0.4, -0.2) is 48.2 Å². The van der Waals surface area contributed by atoms with E-state index in [-0.39, 0.29) is 5.91 Å². The lowest BCUT2D eigenvalue weighted by atomic mass is 9.95. The lowest BCUT2D eigenvalue weighted by molar-refractivity contribution is -0.130.